The molecule has 2 aliphatic rings. The van der Waals surface area contributed by atoms with E-state index in [4.69, 9.17) is 4.99 Å². The molecule has 1 aliphatic heterocycles. The summed E-state index contributed by atoms with van der Waals surface area (Å²) in [6.45, 7) is 7.25. The highest BCUT2D eigenvalue weighted by molar-refractivity contribution is 7.99. The van der Waals surface area contributed by atoms with Gasteiger partial charge in [0, 0.05) is 61.5 Å². The molecule has 1 aliphatic carbocycles. The van der Waals surface area contributed by atoms with Gasteiger partial charge in [-0.1, -0.05) is 25.3 Å². The molecule has 0 spiro atoms. The molecule has 150 valence electrons. The smallest absolute Gasteiger partial charge is 0.191 e. The second-order valence-corrected chi connectivity index (χ2v) is 8.80. The van der Waals surface area contributed by atoms with Crippen LogP contribution in [0.5, 0.6) is 0 Å². The van der Waals surface area contributed by atoms with E-state index in [0.717, 1.165) is 37.7 Å². The molecule has 2 N–H and O–H groups in total. The number of pyridine rings is 1. The summed E-state index contributed by atoms with van der Waals surface area (Å²) in [5.41, 5.74) is 1.40. The van der Waals surface area contributed by atoms with Gasteiger partial charge in [-0.2, -0.15) is 11.8 Å². The van der Waals surface area contributed by atoms with Crippen molar-refractivity contribution in [1.29, 1.82) is 0 Å². The molecule has 0 unspecified atom stereocenters. The highest BCUT2D eigenvalue weighted by atomic mass is 32.2. The summed E-state index contributed by atoms with van der Waals surface area (Å²) in [6.07, 6.45) is 9.46. The maximum absolute atomic E-state index is 5.04. The van der Waals surface area contributed by atoms with E-state index in [0.29, 0.717) is 0 Å². The molecule has 0 atom stereocenters. The number of rotatable bonds is 7. The molecule has 2 fully saturated rings. The van der Waals surface area contributed by atoms with Gasteiger partial charge in [-0.15, -0.1) is 0 Å². The van der Waals surface area contributed by atoms with E-state index >= 15 is 0 Å². The van der Waals surface area contributed by atoms with Gasteiger partial charge in [0.15, 0.2) is 5.96 Å². The molecular weight excluding hydrogens is 354 g/mol. The molecule has 6 heteroatoms. The fourth-order valence-corrected chi connectivity index (χ4v) is 5.15. The molecule has 0 bridgehead atoms. The molecule has 0 radical (unpaired) electrons. The van der Waals surface area contributed by atoms with Crippen LogP contribution >= 0.6 is 11.8 Å². The van der Waals surface area contributed by atoms with E-state index in [1.165, 1.54) is 56.7 Å². The summed E-state index contributed by atoms with van der Waals surface area (Å²) < 4.78 is 0. The predicted octanol–water partition coefficient (Wildman–Crippen LogP) is 2.93. The number of nitrogens with one attached hydrogen (secondary N) is 2. The lowest BCUT2D eigenvalue weighted by molar-refractivity contribution is 0.0672. The van der Waals surface area contributed by atoms with E-state index in [2.05, 4.69) is 45.3 Å². The van der Waals surface area contributed by atoms with Gasteiger partial charge in [0.05, 0.1) is 6.54 Å². The Morgan fingerprint density at radius 2 is 2.00 bits per heavy atom. The van der Waals surface area contributed by atoms with E-state index < -0.39 is 0 Å². The summed E-state index contributed by atoms with van der Waals surface area (Å²) in [6, 6.07) is 6.09. The molecule has 2 heterocycles. The summed E-state index contributed by atoms with van der Waals surface area (Å²) in [4.78, 5) is 12.2. The lowest BCUT2D eigenvalue weighted by Gasteiger charge is -2.47. The third-order valence-corrected chi connectivity index (χ3v) is 6.68. The average Bonchev–Trinajstić information content (AvgIpc) is 2.74. The molecule has 1 saturated heterocycles. The van der Waals surface area contributed by atoms with Crippen molar-refractivity contribution >= 4 is 17.7 Å². The van der Waals surface area contributed by atoms with Gasteiger partial charge in [0.2, 0.25) is 0 Å². The van der Waals surface area contributed by atoms with Crippen LogP contribution in [0.1, 0.15) is 44.7 Å². The van der Waals surface area contributed by atoms with Crippen molar-refractivity contribution in [3.05, 3.63) is 30.1 Å². The molecule has 1 aromatic heterocycles. The molecule has 1 saturated carbocycles. The van der Waals surface area contributed by atoms with Crippen LogP contribution in [0.4, 0.5) is 0 Å². The minimum atomic E-state index is 0.280. The third kappa shape index (κ3) is 6.11. The Kier molecular flexibility index (Phi) is 8.27. The zero-order valence-corrected chi connectivity index (χ0v) is 17.6. The van der Waals surface area contributed by atoms with E-state index in [1.54, 1.807) is 0 Å². The average molecular weight is 390 g/mol. The number of hydrogen-bond acceptors (Lipinski definition) is 4. The number of hydrogen-bond donors (Lipinski definition) is 2. The van der Waals surface area contributed by atoms with Gasteiger partial charge in [-0.05, 0) is 31.9 Å². The fourth-order valence-electron chi connectivity index (χ4n) is 4.24. The predicted molar refractivity (Wildman–Crippen MR) is 117 cm³/mol. The molecule has 0 amide bonds. The molecule has 27 heavy (non-hydrogen) atoms. The SMILES string of the molecule is CCNC(=NCC1(N2CCSCC2)CCCCC1)NCCc1ccccn1. The van der Waals surface area contributed by atoms with Crippen LogP contribution < -0.4 is 10.6 Å². The zero-order valence-electron chi connectivity index (χ0n) is 16.8. The molecule has 3 rings (SSSR count). The first-order chi connectivity index (χ1) is 13.3. The number of nitrogens with zero attached hydrogens (tertiary/aromatic N) is 3. The zero-order chi connectivity index (χ0) is 18.8. The maximum Gasteiger partial charge on any atom is 0.191 e. The molecule has 0 aromatic carbocycles. The summed E-state index contributed by atoms with van der Waals surface area (Å²) in [5.74, 6) is 3.49. The van der Waals surface area contributed by atoms with Crippen molar-refractivity contribution in [2.45, 2.75) is 51.0 Å². The number of aromatic nitrogens is 1. The van der Waals surface area contributed by atoms with Crippen molar-refractivity contribution in [1.82, 2.24) is 20.5 Å². The summed E-state index contributed by atoms with van der Waals surface area (Å²) in [7, 11) is 0. The quantitative estimate of drug-likeness (QED) is 0.555. The fraction of sp³-hybridized carbons (Fsp3) is 0.714. The Labute approximate surface area is 168 Å². The summed E-state index contributed by atoms with van der Waals surface area (Å²) >= 11 is 2.09. The van der Waals surface area contributed by atoms with E-state index in [9.17, 15) is 0 Å². The minimum Gasteiger partial charge on any atom is -0.357 e. The van der Waals surface area contributed by atoms with Gasteiger partial charge in [0.25, 0.3) is 0 Å². The number of aliphatic imine (C=N–C) groups is 1. The third-order valence-electron chi connectivity index (χ3n) is 5.74. The molecular formula is C21H35N5S. The lowest BCUT2D eigenvalue weighted by Crippen LogP contribution is -2.55. The monoisotopic (exact) mass is 389 g/mol. The van der Waals surface area contributed by atoms with Crippen LogP contribution in [0.2, 0.25) is 0 Å². The first-order valence-corrected chi connectivity index (χ1v) is 11.7. The van der Waals surface area contributed by atoms with Gasteiger partial charge >= 0.3 is 0 Å². The van der Waals surface area contributed by atoms with Gasteiger partial charge in [-0.25, -0.2) is 0 Å². The Hall–Kier alpha value is -1.27. The van der Waals surface area contributed by atoms with Crippen molar-refractivity contribution in [2.24, 2.45) is 4.99 Å². The second-order valence-electron chi connectivity index (χ2n) is 7.58. The van der Waals surface area contributed by atoms with Crippen LogP contribution in [0.15, 0.2) is 29.4 Å². The molecule has 1 aromatic rings. The Bertz CT molecular complexity index is 565. The first kappa shape index (κ1) is 20.5. The Balaban J connectivity index is 1.60. The minimum absolute atomic E-state index is 0.280. The van der Waals surface area contributed by atoms with Gasteiger partial charge in [0.1, 0.15) is 0 Å². The normalized spacial score (nSPS) is 21.0. The highest BCUT2D eigenvalue weighted by Gasteiger charge is 2.38. The van der Waals surface area contributed by atoms with Crippen molar-refractivity contribution in [3.8, 4) is 0 Å². The van der Waals surface area contributed by atoms with Crippen molar-refractivity contribution in [3.63, 3.8) is 0 Å². The van der Waals surface area contributed by atoms with Crippen molar-refractivity contribution in [2.75, 3.05) is 44.2 Å². The number of guanidine groups is 1. The van der Waals surface area contributed by atoms with Crippen LogP contribution in [0.3, 0.4) is 0 Å². The van der Waals surface area contributed by atoms with Crippen LogP contribution in [-0.4, -0.2) is 65.6 Å². The first-order valence-electron chi connectivity index (χ1n) is 10.6. The topological polar surface area (TPSA) is 52.6 Å². The number of thioether (sulfide) groups is 1. The second kappa shape index (κ2) is 10.9. The lowest BCUT2D eigenvalue weighted by atomic mass is 9.80. The van der Waals surface area contributed by atoms with Crippen molar-refractivity contribution < 1.29 is 0 Å². The van der Waals surface area contributed by atoms with E-state index in [1.807, 2.05) is 18.3 Å². The van der Waals surface area contributed by atoms with Crippen LogP contribution in [0, 0.1) is 0 Å². The molecule has 5 nitrogen and oxygen atoms in total. The largest absolute Gasteiger partial charge is 0.357 e. The van der Waals surface area contributed by atoms with Crippen LogP contribution in [0.25, 0.3) is 0 Å². The Morgan fingerprint density at radius 1 is 1.19 bits per heavy atom. The van der Waals surface area contributed by atoms with Crippen LogP contribution in [-0.2, 0) is 6.42 Å². The van der Waals surface area contributed by atoms with Gasteiger partial charge in [-0.3, -0.25) is 14.9 Å². The highest BCUT2D eigenvalue weighted by Crippen LogP contribution is 2.35. The van der Waals surface area contributed by atoms with E-state index in [-0.39, 0.29) is 5.54 Å². The standard InChI is InChI=1S/C21H35N5S/c1-2-22-20(24-13-9-19-8-4-7-12-23-19)25-18-21(10-5-3-6-11-21)26-14-16-27-17-15-26/h4,7-8,12H,2-3,5-6,9-11,13-18H2,1H3,(H2,22,24,25). The van der Waals surface area contributed by atoms with Gasteiger partial charge < -0.3 is 10.6 Å². The Morgan fingerprint density at radius 3 is 2.70 bits per heavy atom. The maximum atomic E-state index is 5.04. The summed E-state index contributed by atoms with van der Waals surface area (Å²) in [5, 5.41) is 6.93.